The number of hydrogen-bond acceptors (Lipinski definition) is 4. The minimum atomic E-state index is -0.142. The molecule has 0 atom stereocenters. The zero-order valence-electron chi connectivity index (χ0n) is 17.0. The summed E-state index contributed by atoms with van der Waals surface area (Å²) in [5, 5.41) is 4.65. The van der Waals surface area contributed by atoms with Crippen molar-refractivity contribution in [3.05, 3.63) is 107 Å². The van der Waals surface area contributed by atoms with E-state index in [-0.39, 0.29) is 5.56 Å². The van der Waals surface area contributed by atoms with E-state index in [1.54, 1.807) is 11.6 Å². The van der Waals surface area contributed by atoms with E-state index >= 15 is 0 Å². The molecule has 0 fully saturated rings. The van der Waals surface area contributed by atoms with Crippen LogP contribution in [0.25, 0.3) is 33.5 Å². The van der Waals surface area contributed by atoms with Gasteiger partial charge in [-0.1, -0.05) is 65.8 Å². The molecule has 0 saturated heterocycles. The highest BCUT2D eigenvalue weighted by Gasteiger charge is 2.18. The average molecular weight is 408 g/mol. The largest absolute Gasteiger partial charge is 0.489 e. The fourth-order valence-electron chi connectivity index (χ4n) is 3.64. The number of ether oxygens (including phenoxy) is 1. The summed E-state index contributed by atoms with van der Waals surface area (Å²) in [6.45, 7) is 0.505. The molecular weight excluding hydrogens is 388 g/mol. The molecule has 0 unspecified atom stereocenters. The Morgan fingerprint density at radius 2 is 1.55 bits per heavy atom. The summed E-state index contributed by atoms with van der Waals surface area (Å²) in [6, 6.07) is 29.2. The highest BCUT2D eigenvalue weighted by atomic mass is 16.5. The van der Waals surface area contributed by atoms with Crippen LogP contribution >= 0.6 is 0 Å². The van der Waals surface area contributed by atoms with Crippen molar-refractivity contribution in [2.75, 3.05) is 0 Å². The van der Waals surface area contributed by atoms with Crippen LogP contribution in [0.2, 0.25) is 0 Å². The monoisotopic (exact) mass is 408 g/mol. The average Bonchev–Trinajstić information content (AvgIpc) is 3.26. The van der Waals surface area contributed by atoms with Crippen LogP contribution in [-0.2, 0) is 13.7 Å². The van der Waals surface area contributed by atoms with Gasteiger partial charge in [-0.15, -0.1) is 0 Å². The van der Waals surface area contributed by atoms with Gasteiger partial charge in [-0.25, -0.2) is 0 Å². The summed E-state index contributed by atoms with van der Waals surface area (Å²) in [4.78, 5) is 13.1. The molecule has 0 aliphatic carbocycles. The maximum absolute atomic E-state index is 13.1. The van der Waals surface area contributed by atoms with Crippen molar-refractivity contribution in [2.24, 2.45) is 7.05 Å². The molecule has 0 saturated carbocycles. The van der Waals surface area contributed by atoms with Crippen LogP contribution < -0.4 is 10.3 Å². The first-order chi connectivity index (χ1) is 15.2. The van der Waals surface area contributed by atoms with Gasteiger partial charge in [-0.2, -0.15) is 0 Å². The molecule has 2 aromatic heterocycles. The lowest BCUT2D eigenvalue weighted by Gasteiger charge is -2.10. The van der Waals surface area contributed by atoms with Gasteiger partial charge in [0.2, 0.25) is 0 Å². The molecule has 5 aromatic rings. The zero-order valence-corrected chi connectivity index (χ0v) is 17.0. The van der Waals surface area contributed by atoms with Crippen LogP contribution in [0.1, 0.15) is 5.56 Å². The van der Waals surface area contributed by atoms with Gasteiger partial charge in [0.05, 0.1) is 5.69 Å². The quantitative estimate of drug-likeness (QED) is 0.389. The van der Waals surface area contributed by atoms with Crippen molar-refractivity contribution in [3.8, 4) is 28.3 Å². The topological polar surface area (TPSA) is 57.3 Å². The van der Waals surface area contributed by atoms with Crippen molar-refractivity contribution in [2.45, 2.75) is 6.61 Å². The highest BCUT2D eigenvalue weighted by molar-refractivity contribution is 5.92. The van der Waals surface area contributed by atoms with Gasteiger partial charge >= 0.3 is 0 Å². The molecule has 0 N–H and O–H groups in total. The third-order valence-electron chi connectivity index (χ3n) is 5.31. The second-order valence-electron chi connectivity index (χ2n) is 7.33. The van der Waals surface area contributed by atoms with Gasteiger partial charge in [0, 0.05) is 18.7 Å². The van der Waals surface area contributed by atoms with Gasteiger partial charge in [-0.05, 0) is 35.4 Å². The molecule has 2 heterocycles. The first-order valence-electron chi connectivity index (χ1n) is 10.0. The normalized spacial score (nSPS) is 11.0. The molecule has 0 bridgehead atoms. The van der Waals surface area contributed by atoms with Gasteiger partial charge in [0.1, 0.15) is 23.4 Å². The summed E-state index contributed by atoms with van der Waals surface area (Å²) < 4.78 is 13.0. The number of nitrogens with zero attached hydrogens (tertiary/aromatic N) is 2. The van der Waals surface area contributed by atoms with Gasteiger partial charge in [0.25, 0.3) is 5.56 Å². The maximum atomic E-state index is 13.1. The van der Waals surface area contributed by atoms with Crippen molar-refractivity contribution >= 4 is 11.0 Å². The van der Waals surface area contributed by atoms with Crippen LogP contribution in [0.3, 0.4) is 0 Å². The van der Waals surface area contributed by atoms with Crippen LogP contribution in [0.4, 0.5) is 0 Å². The van der Waals surface area contributed by atoms with Gasteiger partial charge in [-0.3, -0.25) is 4.79 Å². The second kappa shape index (κ2) is 7.95. The van der Waals surface area contributed by atoms with E-state index in [4.69, 9.17) is 9.26 Å². The van der Waals surface area contributed by atoms with Crippen molar-refractivity contribution in [3.63, 3.8) is 0 Å². The maximum Gasteiger partial charge on any atom is 0.264 e. The lowest BCUT2D eigenvalue weighted by Crippen LogP contribution is -2.18. The fraction of sp³-hybridized carbons (Fsp3) is 0.0769. The first kappa shape index (κ1) is 18.9. The molecule has 5 nitrogen and oxygen atoms in total. The second-order valence-corrected chi connectivity index (χ2v) is 7.33. The van der Waals surface area contributed by atoms with Crippen molar-refractivity contribution < 1.29 is 9.26 Å². The molecule has 5 rings (SSSR count). The highest BCUT2D eigenvalue weighted by Crippen LogP contribution is 2.29. The van der Waals surface area contributed by atoms with Crippen LogP contribution in [0, 0.1) is 0 Å². The number of rotatable bonds is 5. The van der Waals surface area contributed by atoms with E-state index in [2.05, 4.69) is 5.16 Å². The number of aromatic nitrogens is 2. The van der Waals surface area contributed by atoms with Crippen LogP contribution in [0.5, 0.6) is 5.75 Å². The number of fused-ring (bicyclic) bond motifs is 1. The van der Waals surface area contributed by atoms with Crippen LogP contribution in [0.15, 0.2) is 100 Å². The van der Waals surface area contributed by atoms with Gasteiger partial charge < -0.3 is 13.8 Å². The molecule has 0 radical (unpaired) electrons. The fourth-order valence-corrected chi connectivity index (χ4v) is 3.64. The summed E-state index contributed by atoms with van der Waals surface area (Å²) >= 11 is 0. The molecule has 0 aliphatic heterocycles. The number of pyridine rings is 1. The van der Waals surface area contributed by atoms with Crippen molar-refractivity contribution in [1.82, 2.24) is 9.72 Å². The minimum Gasteiger partial charge on any atom is -0.489 e. The predicted octanol–water partition coefficient (Wildman–Crippen LogP) is 5.44. The Morgan fingerprint density at radius 1 is 0.871 bits per heavy atom. The van der Waals surface area contributed by atoms with E-state index < -0.39 is 0 Å². The zero-order chi connectivity index (χ0) is 21.2. The van der Waals surface area contributed by atoms with E-state index in [0.717, 1.165) is 28.1 Å². The molecule has 152 valence electrons. The molecule has 5 heteroatoms. The number of hydrogen-bond donors (Lipinski definition) is 0. The SMILES string of the molecule is Cn1c(-c2ccc(OCc3ccccc3)cc2)cc2onc(-c3ccccc3)c2c1=O. The molecule has 3 aromatic carbocycles. The first-order valence-corrected chi connectivity index (χ1v) is 10.0. The third kappa shape index (κ3) is 3.62. The predicted molar refractivity (Wildman–Crippen MR) is 121 cm³/mol. The van der Waals surface area contributed by atoms with E-state index in [1.807, 2.05) is 91.0 Å². The van der Waals surface area contributed by atoms with Crippen molar-refractivity contribution in [1.29, 1.82) is 0 Å². The number of benzene rings is 3. The van der Waals surface area contributed by atoms with E-state index in [1.165, 1.54) is 0 Å². The Morgan fingerprint density at radius 3 is 2.26 bits per heavy atom. The van der Waals surface area contributed by atoms with Gasteiger partial charge in [0.15, 0.2) is 5.58 Å². The molecule has 0 amide bonds. The third-order valence-corrected chi connectivity index (χ3v) is 5.31. The Kier molecular flexibility index (Phi) is 4.84. The summed E-state index contributed by atoms with van der Waals surface area (Å²) in [5.74, 6) is 0.768. The lowest BCUT2D eigenvalue weighted by atomic mass is 10.1. The Hall–Kier alpha value is -4.12. The van der Waals surface area contributed by atoms with E-state index in [0.29, 0.717) is 23.3 Å². The smallest absolute Gasteiger partial charge is 0.264 e. The minimum absolute atomic E-state index is 0.142. The Labute approximate surface area is 179 Å². The van der Waals surface area contributed by atoms with E-state index in [9.17, 15) is 4.79 Å². The summed E-state index contributed by atoms with van der Waals surface area (Å²) in [6.07, 6.45) is 0. The summed E-state index contributed by atoms with van der Waals surface area (Å²) in [7, 11) is 1.76. The Balaban J connectivity index is 1.46. The molecular formula is C26H20N2O3. The Bertz CT molecular complexity index is 1390. The molecule has 0 aliphatic rings. The molecule has 31 heavy (non-hydrogen) atoms. The van der Waals surface area contributed by atoms with Crippen LogP contribution in [-0.4, -0.2) is 9.72 Å². The molecule has 0 spiro atoms. The lowest BCUT2D eigenvalue weighted by molar-refractivity contribution is 0.306. The summed E-state index contributed by atoms with van der Waals surface area (Å²) in [5.41, 5.74) is 4.50. The standard InChI is InChI=1S/C26H20N2O3/c1-28-22(19-12-14-21(15-13-19)30-17-18-8-4-2-5-9-18)16-23-24(26(28)29)25(27-31-23)20-10-6-3-7-11-20/h2-16H,17H2,1H3.